The summed E-state index contributed by atoms with van der Waals surface area (Å²) in [5.74, 6) is 0.221. The van der Waals surface area contributed by atoms with Crippen LogP contribution in [0.4, 0.5) is 36.8 Å². The van der Waals surface area contributed by atoms with Crippen LogP contribution in [0, 0.1) is 0 Å². The molecule has 0 bridgehead atoms. The number of nitrogens with one attached hydrogen (secondary N) is 1. The molecule has 1 aromatic heterocycles. The Balaban J connectivity index is 1.29. The van der Waals surface area contributed by atoms with Crippen molar-refractivity contribution in [2.75, 3.05) is 31.5 Å². The van der Waals surface area contributed by atoms with Crippen LogP contribution >= 0.6 is 0 Å². The zero-order chi connectivity index (χ0) is 27.3. The predicted molar refractivity (Wildman–Crippen MR) is 127 cm³/mol. The van der Waals surface area contributed by atoms with E-state index in [4.69, 9.17) is 4.74 Å². The van der Waals surface area contributed by atoms with Gasteiger partial charge in [-0.25, -0.2) is 4.79 Å². The minimum atomic E-state index is -4.93. The zero-order valence-electron chi connectivity index (χ0n) is 20.0. The molecule has 0 atom stereocenters. The van der Waals surface area contributed by atoms with Gasteiger partial charge in [0.15, 0.2) is 0 Å². The Hall–Kier alpha value is -3.80. The van der Waals surface area contributed by atoms with E-state index in [0.717, 1.165) is 12.1 Å². The summed E-state index contributed by atoms with van der Waals surface area (Å²) in [5, 5.41) is 2.78. The summed E-state index contributed by atoms with van der Waals surface area (Å²) in [6.45, 7) is 2.81. The van der Waals surface area contributed by atoms with Crippen molar-refractivity contribution < 1.29 is 35.9 Å². The highest BCUT2D eigenvalue weighted by Gasteiger charge is 2.37. The van der Waals surface area contributed by atoms with Crippen LogP contribution in [0.2, 0.25) is 0 Å². The van der Waals surface area contributed by atoms with E-state index < -0.39 is 30.1 Å². The van der Waals surface area contributed by atoms with Gasteiger partial charge in [0.2, 0.25) is 0 Å². The van der Waals surface area contributed by atoms with E-state index in [1.54, 1.807) is 29.4 Å². The molecule has 6 nitrogen and oxygen atoms in total. The van der Waals surface area contributed by atoms with Crippen molar-refractivity contribution in [1.82, 2.24) is 14.8 Å². The van der Waals surface area contributed by atoms with Crippen LogP contribution < -0.4 is 10.1 Å². The molecule has 0 aliphatic carbocycles. The van der Waals surface area contributed by atoms with Crippen molar-refractivity contribution in [2.24, 2.45) is 0 Å². The number of carbonyl (C=O) groups excluding carboxylic acids is 1. The molecule has 0 radical (unpaired) electrons. The molecule has 1 N–H and O–H groups in total. The fourth-order valence-corrected chi connectivity index (χ4v) is 3.96. The summed E-state index contributed by atoms with van der Waals surface area (Å²) in [6, 6.07) is 11.0. The maximum absolute atomic E-state index is 13.0. The first-order chi connectivity index (χ1) is 18.0. The standard InChI is InChI=1S/C26H24F6N4O2/c27-25(28,29)20-13-19(14-21(15-20)26(30,31)32)17-38-23-3-1-22(2-4-23)34-24(37)36-11-9-35(10-12-36)16-18-5-7-33-8-6-18/h1-8,13-15H,9-12,16-17H2,(H,34,37). The number of urea groups is 1. The summed E-state index contributed by atoms with van der Waals surface area (Å²) in [4.78, 5) is 20.6. The van der Waals surface area contributed by atoms with Crippen LogP contribution in [0.25, 0.3) is 0 Å². The summed E-state index contributed by atoms with van der Waals surface area (Å²) in [7, 11) is 0. The molecule has 0 saturated carbocycles. The normalized spacial score (nSPS) is 14.8. The van der Waals surface area contributed by atoms with E-state index in [1.807, 2.05) is 12.1 Å². The average Bonchev–Trinajstić information content (AvgIpc) is 2.88. The molecule has 12 heteroatoms. The van der Waals surface area contributed by atoms with Crippen molar-refractivity contribution >= 4 is 11.7 Å². The van der Waals surface area contributed by atoms with E-state index >= 15 is 0 Å². The number of pyridine rings is 1. The maximum atomic E-state index is 13.0. The lowest BCUT2D eigenvalue weighted by Gasteiger charge is -2.34. The fourth-order valence-electron chi connectivity index (χ4n) is 3.96. The van der Waals surface area contributed by atoms with Crippen LogP contribution in [0.1, 0.15) is 22.3 Å². The van der Waals surface area contributed by atoms with Crippen LogP contribution in [-0.2, 0) is 25.5 Å². The second-order valence-corrected chi connectivity index (χ2v) is 8.78. The zero-order valence-corrected chi connectivity index (χ0v) is 20.0. The quantitative estimate of drug-likeness (QED) is 0.389. The van der Waals surface area contributed by atoms with E-state index in [9.17, 15) is 31.1 Å². The molecule has 1 fully saturated rings. The molecule has 2 amide bonds. The van der Waals surface area contributed by atoms with Crippen LogP contribution in [0.15, 0.2) is 67.0 Å². The summed E-state index contributed by atoms with van der Waals surface area (Å²) in [6.07, 6.45) is -6.38. The lowest BCUT2D eigenvalue weighted by atomic mass is 10.1. The molecule has 0 spiro atoms. The van der Waals surface area contributed by atoms with Crippen LogP contribution in [0.5, 0.6) is 5.75 Å². The monoisotopic (exact) mass is 538 g/mol. The molecule has 1 saturated heterocycles. The number of ether oxygens (including phenoxy) is 1. The van der Waals surface area contributed by atoms with Gasteiger partial charge in [-0.2, -0.15) is 26.3 Å². The van der Waals surface area contributed by atoms with Crippen LogP contribution in [-0.4, -0.2) is 47.0 Å². The van der Waals surface area contributed by atoms with Gasteiger partial charge in [0.1, 0.15) is 12.4 Å². The Morgan fingerprint density at radius 1 is 0.816 bits per heavy atom. The first-order valence-electron chi connectivity index (χ1n) is 11.7. The van der Waals surface area contributed by atoms with Crippen molar-refractivity contribution in [2.45, 2.75) is 25.5 Å². The summed E-state index contributed by atoms with van der Waals surface area (Å²) in [5.41, 5.74) is -1.45. The largest absolute Gasteiger partial charge is 0.489 e. The Labute approximate surface area is 214 Å². The fraction of sp³-hybridized carbons (Fsp3) is 0.308. The first kappa shape index (κ1) is 27.2. The third-order valence-electron chi connectivity index (χ3n) is 5.97. The van der Waals surface area contributed by atoms with Gasteiger partial charge in [-0.05, 0) is 65.7 Å². The Morgan fingerprint density at radius 3 is 1.95 bits per heavy atom. The molecule has 0 unspecified atom stereocenters. The number of rotatable bonds is 6. The number of benzene rings is 2. The molecule has 3 aromatic rings. The van der Waals surface area contributed by atoms with Gasteiger partial charge in [0.05, 0.1) is 11.1 Å². The first-order valence-corrected chi connectivity index (χ1v) is 11.7. The molecule has 2 aromatic carbocycles. The number of piperazine rings is 1. The highest BCUT2D eigenvalue weighted by Crippen LogP contribution is 2.36. The Kier molecular flexibility index (Phi) is 8.10. The second-order valence-electron chi connectivity index (χ2n) is 8.78. The molecule has 38 heavy (non-hydrogen) atoms. The number of nitrogens with zero attached hydrogens (tertiary/aromatic N) is 3. The van der Waals surface area contributed by atoms with E-state index in [2.05, 4.69) is 15.2 Å². The van der Waals surface area contributed by atoms with Crippen molar-refractivity contribution in [1.29, 1.82) is 0 Å². The molecule has 2 heterocycles. The number of hydrogen-bond acceptors (Lipinski definition) is 4. The third-order valence-corrected chi connectivity index (χ3v) is 5.97. The molecular weight excluding hydrogens is 514 g/mol. The minimum absolute atomic E-state index is 0.0713. The number of halogens is 6. The summed E-state index contributed by atoms with van der Waals surface area (Å²) < 4.78 is 83.6. The predicted octanol–water partition coefficient (Wildman–Crippen LogP) is 6.05. The number of anilines is 1. The molecule has 4 rings (SSSR count). The van der Waals surface area contributed by atoms with Crippen molar-refractivity contribution in [3.05, 3.63) is 89.2 Å². The van der Waals surface area contributed by atoms with E-state index in [1.165, 1.54) is 12.1 Å². The van der Waals surface area contributed by atoms with Gasteiger partial charge in [-0.1, -0.05) is 0 Å². The van der Waals surface area contributed by atoms with E-state index in [0.29, 0.717) is 44.0 Å². The molecule has 1 aliphatic rings. The van der Waals surface area contributed by atoms with Gasteiger partial charge in [0.25, 0.3) is 0 Å². The maximum Gasteiger partial charge on any atom is 0.416 e. The number of amides is 2. The van der Waals surface area contributed by atoms with Gasteiger partial charge in [0, 0.05) is 50.8 Å². The lowest BCUT2D eigenvalue weighted by molar-refractivity contribution is -0.143. The van der Waals surface area contributed by atoms with Crippen molar-refractivity contribution in [3.63, 3.8) is 0 Å². The van der Waals surface area contributed by atoms with Gasteiger partial charge < -0.3 is 15.0 Å². The Bertz CT molecular complexity index is 1190. The third kappa shape index (κ3) is 7.37. The second kappa shape index (κ2) is 11.3. The van der Waals surface area contributed by atoms with Crippen molar-refractivity contribution in [3.8, 4) is 5.75 Å². The average molecular weight is 538 g/mol. The van der Waals surface area contributed by atoms with Crippen LogP contribution in [0.3, 0.4) is 0 Å². The number of aromatic nitrogens is 1. The topological polar surface area (TPSA) is 57.7 Å². The Morgan fingerprint density at radius 2 is 1.39 bits per heavy atom. The summed E-state index contributed by atoms with van der Waals surface area (Å²) >= 11 is 0. The lowest BCUT2D eigenvalue weighted by Crippen LogP contribution is -2.49. The number of hydrogen-bond donors (Lipinski definition) is 1. The van der Waals surface area contributed by atoms with E-state index in [-0.39, 0.29) is 23.4 Å². The van der Waals surface area contributed by atoms with Gasteiger partial charge >= 0.3 is 18.4 Å². The smallest absolute Gasteiger partial charge is 0.416 e. The number of alkyl halides is 6. The minimum Gasteiger partial charge on any atom is -0.489 e. The van der Waals surface area contributed by atoms with Gasteiger partial charge in [-0.15, -0.1) is 0 Å². The highest BCUT2D eigenvalue weighted by molar-refractivity contribution is 5.89. The highest BCUT2D eigenvalue weighted by atomic mass is 19.4. The SMILES string of the molecule is O=C(Nc1ccc(OCc2cc(C(F)(F)F)cc(C(F)(F)F)c2)cc1)N1CCN(Cc2ccncc2)CC1. The molecule has 1 aliphatic heterocycles. The molecule has 202 valence electrons. The van der Waals surface area contributed by atoms with Gasteiger partial charge in [-0.3, -0.25) is 9.88 Å². The molecular formula is C26H24F6N4O2. The number of carbonyl (C=O) groups is 1.